The number of furan rings is 1. The van der Waals surface area contributed by atoms with Gasteiger partial charge < -0.3 is 18.8 Å². The summed E-state index contributed by atoms with van der Waals surface area (Å²) in [6.45, 7) is 6.33. The quantitative estimate of drug-likeness (QED) is 0.300. The number of nitriles is 1. The van der Waals surface area contributed by atoms with E-state index in [1.54, 1.807) is 33.7 Å². The fraction of sp³-hybridized carbons (Fsp3) is 0.323. The Balaban J connectivity index is 0.000000267. The normalized spacial score (nSPS) is 14.4. The first-order valence-corrected chi connectivity index (χ1v) is 12.8. The van der Waals surface area contributed by atoms with Gasteiger partial charge in [0.25, 0.3) is 0 Å². The Morgan fingerprint density at radius 3 is 2.49 bits per heavy atom. The van der Waals surface area contributed by atoms with Crippen LogP contribution in [-0.4, -0.2) is 67.6 Å². The average molecular weight is 529 g/mol. The molecular weight excluding hydrogens is 492 g/mol. The molecule has 1 amide bonds. The number of likely N-dealkylation sites (tertiary alicyclic amines) is 1. The summed E-state index contributed by atoms with van der Waals surface area (Å²) in [7, 11) is 5.04. The van der Waals surface area contributed by atoms with Gasteiger partial charge in [0.1, 0.15) is 29.2 Å². The lowest BCUT2D eigenvalue weighted by Crippen LogP contribution is -2.30. The highest BCUT2D eigenvalue weighted by atomic mass is 16.5. The van der Waals surface area contributed by atoms with Gasteiger partial charge in [0.2, 0.25) is 6.41 Å². The number of nitrogens with zero attached hydrogens (tertiary/aromatic N) is 4. The molecule has 39 heavy (non-hydrogen) atoms. The third kappa shape index (κ3) is 8.32. The van der Waals surface area contributed by atoms with Gasteiger partial charge in [-0.15, -0.1) is 0 Å². The molecule has 2 aromatic carbocycles. The Labute approximate surface area is 230 Å². The number of hydrogen-bond acceptors (Lipinski definition) is 7. The molecule has 0 bridgehead atoms. The van der Waals surface area contributed by atoms with Crippen molar-refractivity contribution in [3.8, 4) is 28.7 Å². The first-order valence-electron chi connectivity index (χ1n) is 12.8. The van der Waals surface area contributed by atoms with E-state index in [1.807, 2.05) is 60.7 Å². The van der Waals surface area contributed by atoms with E-state index in [-0.39, 0.29) is 6.10 Å². The van der Waals surface area contributed by atoms with Crippen molar-refractivity contribution in [3.05, 3.63) is 78.7 Å². The lowest BCUT2D eigenvalue weighted by atomic mass is 10.0. The number of hydrogen-bond donors (Lipinski definition) is 0. The average Bonchev–Trinajstić information content (AvgIpc) is 3.64. The zero-order chi connectivity index (χ0) is 28.2. The fourth-order valence-corrected chi connectivity index (χ4v) is 4.04. The number of rotatable bonds is 6. The van der Waals surface area contributed by atoms with Crippen LogP contribution in [0.4, 0.5) is 0 Å². The van der Waals surface area contributed by atoms with Crippen LogP contribution in [0, 0.1) is 11.3 Å². The minimum Gasteiger partial charge on any atom is -0.497 e. The topological polar surface area (TPSA) is 91.8 Å². The van der Waals surface area contributed by atoms with E-state index < -0.39 is 0 Å². The van der Waals surface area contributed by atoms with Crippen molar-refractivity contribution in [1.29, 1.82) is 5.26 Å². The zero-order valence-corrected chi connectivity index (χ0v) is 23.2. The van der Waals surface area contributed by atoms with Crippen molar-refractivity contribution < 1.29 is 18.7 Å². The number of amides is 1. The lowest BCUT2D eigenvalue weighted by molar-refractivity contribution is -0.115. The molecule has 2 aromatic heterocycles. The first-order chi connectivity index (χ1) is 18.9. The highest BCUT2D eigenvalue weighted by Gasteiger charge is 2.26. The number of para-hydroxylation sites is 1. The summed E-state index contributed by atoms with van der Waals surface area (Å²) < 4.78 is 16.6. The van der Waals surface area contributed by atoms with Crippen molar-refractivity contribution in [2.75, 3.05) is 34.3 Å². The molecule has 1 aliphatic heterocycles. The largest absolute Gasteiger partial charge is 0.497 e. The number of fused-ring (bicyclic) bond motifs is 1. The first kappa shape index (κ1) is 29.2. The van der Waals surface area contributed by atoms with E-state index in [4.69, 9.17) is 13.9 Å². The standard InChI is InChI=1S/C21H21N3O2.C7H8O.C3H7NO/c1-14(2)24-9-6-17(13-24)26-20-4-3-15(11-16(20)12-22)18-5-8-23-19-7-10-25-21(18)19;1-8-7-5-3-2-4-6-7;1-4(2)3-5/h3-5,7-8,10-11,14,17H,6,9,13H2,1-2H3;2-6H,1H3;3H,1-2H3. The number of carbonyl (C=O) groups excluding carboxylic acids is 1. The van der Waals surface area contributed by atoms with Gasteiger partial charge in [-0.2, -0.15) is 5.26 Å². The second-order valence-corrected chi connectivity index (χ2v) is 9.52. The van der Waals surface area contributed by atoms with E-state index >= 15 is 0 Å². The van der Waals surface area contributed by atoms with Gasteiger partial charge in [-0.3, -0.25) is 14.7 Å². The Bertz CT molecular complexity index is 1360. The minimum atomic E-state index is 0.132. The van der Waals surface area contributed by atoms with Crippen LogP contribution < -0.4 is 9.47 Å². The zero-order valence-electron chi connectivity index (χ0n) is 23.2. The van der Waals surface area contributed by atoms with Crippen LogP contribution in [0.15, 0.2) is 77.5 Å². The van der Waals surface area contributed by atoms with Crippen LogP contribution in [0.5, 0.6) is 11.5 Å². The molecule has 204 valence electrons. The van der Waals surface area contributed by atoms with Crippen LogP contribution in [0.1, 0.15) is 25.8 Å². The number of aromatic nitrogens is 1. The highest BCUT2D eigenvalue weighted by molar-refractivity contribution is 5.90. The number of benzene rings is 2. The molecule has 1 aliphatic rings. The number of methoxy groups -OCH3 is 1. The van der Waals surface area contributed by atoms with Gasteiger partial charge in [0.15, 0.2) is 5.58 Å². The highest BCUT2D eigenvalue weighted by Crippen LogP contribution is 2.32. The third-order valence-electron chi connectivity index (χ3n) is 6.14. The molecule has 0 radical (unpaired) electrons. The molecule has 8 heteroatoms. The summed E-state index contributed by atoms with van der Waals surface area (Å²) in [4.78, 5) is 17.6. The molecule has 1 saturated heterocycles. The van der Waals surface area contributed by atoms with E-state index in [0.717, 1.165) is 53.9 Å². The summed E-state index contributed by atoms with van der Waals surface area (Å²) in [5, 5.41) is 9.60. The van der Waals surface area contributed by atoms with Crippen molar-refractivity contribution in [2.45, 2.75) is 32.4 Å². The van der Waals surface area contributed by atoms with Crippen molar-refractivity contribution in [1.82, 2.24) is 14.8 Å². The SMILES string of the molecule is CC(C)N1CCC(Oc2ccc(-c3ccnc4ccoc34)cc2C#N)C1.CN(C)C=O.COc1ccccc1. The van der Waals surface area contributed by atoms with Crippen molar-refractivity contribution in [2.24, 2.45) is 0 Å². The maximum atomic E-state index is 9.60. The van der Waals surface area contributed by atoms with Crippen LogP contribution in [-0.2, 0) is 4.79 Å². The molecule has 0 aliphatic carbocycles. The summed E-state index contributed by atoms with van der Waals surface area (Å²) >= 11 is 0. The number of carbonyl (C=O) groups is 1. The summed E-state index contributed by atoms with van der Waals surface area (Å²) in [5.74, 6) is 1.56. The fourth-order valence-electron chi connectivity index (χ4n) is 4.04. The molecule has 1 fully saturated rings. The molecule has 1 atom stereocenters. The number of ether oxygens (including phenoxy) is 2. The number of pyridine rings is 1. The summed E-state index contributed by atoms with van der Waals surface area (Å²) in [6.07, 6.45) is 5.25. The molecule has 3 heterocycles. The monoisotopic (exact) mass is 528 g/mol. The minimum absolute atomic E-state index is 0.132. The molecule has 0 saturated carbocycles. The summed E-state index contributed by atoms with van der Waals surface area (Å²) in [5.41, 5.74) is 3.93. The molecule has 5 rings (SSSR count). The smallest absolute Gasteiger partial charge is 0.209 e. The Hall–Kier alpha value is -4.35. The van der Waals surface area contributed by atoms with Gasteiger partial charge in [-0.25, -0.2) is 0 Å². The molecule has 8 nitrogen and oxygen atoms in total. The predicted octanol–water partition coefficient (Wildman–Crippen LogP) is 5.63. The van der Waals surface area contributed by atoms with Crippen LogP contribution in [0.3, 0.4) is 0 Å². The second kappa shape index (κ2) is 14.6. The van der Waals surface area contributed by atoms with Gasteiger partial charge in [0.05, 0.1) is 18.9 Å². The molecule has 0 spiro atoms. The lowest BCUT2D eigenvalue weighted by Gasteiger charge is -2.20. The summed E-state index contributed by atoms with van der Waals surface area (Å²) in [6, 6.07) is 21.9. The van der Waals surface area contributed by atoms with Crippen LogP contribution in [0.25, 0.3) is 22.2 Å². The van der Waals surface area contributed by atoms with Crippen molar-refractivity contribution >= 4 is 17.5 Å². The van der Waals surface area contributed by atoms with E-state index in [9.17, 15) is 10.1 Å². The second-order valence-electron chi connectivity index (χ2n) is 9.52. The van der Waals surface area contributed by atoms with Crippen LogP contribution in [0.2, 0.25) is 0 Å². The van der Waals surface area contributed by atoms with E-state index in [0.29, 0.717) is 17.4 Å². The molecule has 4 aromatic rings. The van der Waals surface area contributed by atoms with Crippen LogP contribution >= 0.6 is 0 Å². The van der Waals surface area contributed by atoms with E-state index in [2.05, 4.69) is 29.8 Å². The van der Waals surface area contributed by atoms with Gasteiger partial charge in [0, 0.05) is 51.1 Å². The third-order valence-corrected chi connectivity index (χ3v) is 6.14. The Morgan fingerprint density at radius 1 is 1.15 bits per heavy atom. The van der Waals surface area contributed by atoms with Gasteiger partial charge in [-0.05, 0) is 56.2 Å². The molecule has 1 unspecified atom stereocenters. The maximum absolute atomic E-state index is 9.60. The Kier molecular flexibility index (Phi) is 10.9. The molecular formula is C31H36N4O4. The Morgan fingerprint density at radius 2 is 1.90 bits per heavy atom. The van der Waals surface area contributed by atoms with Crippen molar-refractivity contribution in [3.63, 3.8) is 0 Å². The predicted molar refractivity (Wildman–Crippen MR) is 153 cm³/mol. The van der Waals surface area contributed by atoms with Gasteiger partial charge in [-0.1, -0.05) is 24.3 Å². The van der Waals surface area contributed by atoms with E-state index in [1.165, 1.54) is 4.90 Å². The maximum Gasteiger partial charge on any atom is 0.209 e. The van der Waals surface area contributed by atoms with Gasteiger partial charge >= 0.3 is 0 Å². The molecule has 0 N–H and O–H groups in total.